The summed E-state index contributed by atoms with van der Waals surface area (Å²) in [4.78, 5) is 13.2. The van der Waals surface area contributed by atoms with Gasteiger partial charge in [-0.1, -0.05) is 51.8 Å². The van der Waals surface area contributed by atoms with Crippen molar-refractivity contribution in [3.8, 4) is 0 Å². The van der Waals surface area contributed by atoms with Gasteiger partial charge < -0.3 is 0 Å². The van der Waals surface area contributed by atoms with Crippen LogP contribution < -0.4 is 0 Å². The lowest BCUT2D eigenvalue weighted by molar-refractivity contribution is 0.104. The molecular weight excluding hydrogens is 344 g/mol. The monoisotopic (exact) mass is 350 g/mol. The first kappa shape index (κ1) is 12.9. The Kier molecular flexibility index (Phi) is 3.44. The molecule has 0 saturated heterocycles. The summed E-state index contributed by atoms with van der Waals surface area (Å²) in [6.07, 6.45) is 0. The minimum atomic E-state index is -0.0244. The van der Waals surface area contributed by atoms with E-state index in [1.54, 1.807) is 6.07 Å². The number of hydrogen-bond donors (Lipinski definition) is 0. The van der Waals surface area contributed by atoms with Crippen LogP contribution in [-0.4, -0.2) is 5.78 Å². The highest BCUT2D eigenvalue weighted by Crippen LogP contribution is 2.31. The molecule has 1 aromatic heterocycles. The van der Waals surface area contributed by atoms with Gasteiger partial charge in [0.15, 0.2) is 0 Å². The molecule has 3 aromatic rings. The second-order valence-corrected chi connectivity index (χ2v) is 6.24. The number of ketones is 1. The Hall–Kier alpha value is -1.16. The van der Waals surface area contributed by atoms with Crippen LogP contribution in [0.25, 0.3) is 10.8 Å². The maximum absolute atomic E-state index is 12.6. The quantitative estimate of drug-likeness (QED) is 0.553. The van der Waals surface area contributed by atoms with Gasteiger partial charge in [-0.05, 0) is 34.4 Å². The minimum Gasteiger partial charge on any atom is -0.288 e. The Bertz CT molecular complexity index is 779. The van der Waals surface area contributed by atoms with Gasteiger partial charge >= 0.3 is 0 Å². The first-order valence-corrected chi connectivity index (χ1v) is 7.68. The van der Waals surface area contributed by atoms with Gasteiger partial charge in [0.2, 0.25) is 5.78 Å². The molecule has 19 heavy (non-hydrogen) atoms. The van der Waals surface area contributed by atoms with Crippen molar-refractivity contribution in [1.29, 1.82) is 0 Å². The third-order valence-corrected chi connectivity index (χ3v) is 4.97. The number of carbonyl (C=O) groups excluding carboxylic acids is 1. The van der Waals surface area contributed by atoms with Crippen LogP contribution in [0.3, 0.4) is 0 Å². The predicted octanol–water partition coefficient (Wildman–Crippen LogP) is 5.55. The average Bonchev–Trinajstić information content (AvgIpc) is 2.85. The highest BCUT2D eigenvalue weighted by molar-refractivity contribution is 9.10. The number of rotatable bonds is 2. The van der Waals surface area contributed by atoms with E-state index >= 15 is 0 Å². The summed E-state index contributed by atoms with van der Waals surface area (Å²) < 4.78 is 0.983. The minimum absolute atomic E-state index is 0.0244. The van der Waals surface area contributed by atoms with E-state index in [9.17, 15) is 4.79 Å². The fourth-order valence-electron chi connectivity index (χ4n) is 2.04. The van der Waals surface area contributed by atoms with Crippen molar-refractivity contribution in [1.82, 2.24) is 0 Å². The smallest absolute Gasteiger partial charge is 0.205 e. The second-order valence-electron chi connectivity index (χ2n) is 4.07. The number of carbonyl (C=O) groups is 1. The van der Waals surface area contributed by atoms with Crippen LogP contribution in [0.5, 0.6) is 0 Å². The van der Waals surface area contributed by atoms with E-state index in [1.165, 1.54) is 11.3 Å². The van der Waals surface area contributed by atoms with E-state index in [0.29, 0.717) is 15.5 Å². The normalized spacial score (nSPS) is 10.8. The summed E-state index contributed by atoms with van der Waals surface area (Å²) in [5.41, 5.74) is 0.683. The predicted molar refractivity (Wildman–Crippen MR) is 84.4 cm³/mol. The number of fused-ring (bicyclic) bond motifs is 1. The van der Waals surface area contributed by atoms with Crippen LogP contribution in [0.4, 0.5) is 0 Å². The van der Waals surface area contributed by atoms with Gasteiger partial charge in [0, 0.05) is 10.0 Å². The van der Waals surface area contributed by atoms with Crippen molar-refractivity contribution >= 4 is 55.4 Å². The van der Waals surface area contributed by atoms with Gasteiger partial charge in [-0.3, -0.25) is 4.79 Å². The molecule has 2 aromatic carbocycles. The van der Waals surface area contributed by atoms with Crippen LogP contribution >= 0.6 is 38.9 Å². The van der Waals surface area contributed by atoms with Crippen molar-refractivity contribution in [3.63, 3.8) is 0 Å². The molecule has 0 unspecified atom stereocenters. The molecule has 0 spiro atoms. The first-order valence-electron chi connectivity index (χ1n) is 5.63. The molecule has 0 aliphatic rings. The molecule has 0 bridgehead atoms. The Morgan fingerprint density at radius 3 is 2.47 bits per heavy atom. The third kappa shape index (κ3) is 2.22. The van der Waals surface area contributed by atoms with Gasteiger partial charge in [0.25, 0.3) is 0 Å². The standard InChI is InChI=1S/C15H8BrClOS/c16-12-6-5-11(9-3-1-2-4-10(9)12)14(18)15-13(17)7-8-19-15/h1-8H. The van der Waals surface area contributed by atoms with E-state index in [-0.39, 0.29) is 5.78 Å². The first-order chi connectivity index (χ1) is 9.18. The lowest BCUT2D eigenvalue weighted by Gasteiger charge is -2.06. The Balaban J connectivity index is 2.24. The Morgan fingerprint density at radius 2 is 1.79 bits per heavy atom. The second kappa shape index (κ2) is 5.08. The van der Waals surface area contributed by atoms with Gasteiger partial charge in [-0.25, -0.2) is 0 Å². The maximum Gasteiger partial charge on any atom is 0.205 e. The molecule has 0 amide bonds. The van der Waals surface area contributed by atoms with Crippen LogP contribution in [0.15, 0.2) is 52.3 Å². The van der Waals surface area contributed by atoms with E-state index in [0.717, 1.165) is 15.2 Å². The fourth-order valence-corrected chi connectivity index (χ4v) is 3.61. The van der Waals surface area contributed by atoms with Crippen LogP contribution in [0, 0.1) is 0 Å². The van der Waals surface area contributed by atoms with Gasteiger partial charge in [0.1, 0.15) is 0 Å². The van der Waals surface area contributed by atoms with Crippen molar-refractivity contribution in [3.05, 3.63) is 67.8 Å². The van der Waals surface area contributed by atoms with Crippen LogP contribution in [0.1, 0.15) is 15.2 Å². The molecule has 0 saturated carbocycles. The lowest BCUT2D eigenvalue weighted by Crippen LogP contribution is -2.00. The van der Waals surface area contributed by atoms with E-state index in [4.69, 9.17) is 11.6 Å². The summed E-state index contributed by atoms with van der Waals surface area (Å²) in [5, 5.41) is 4.31. The molecule has 1 heterocycles. The number of benzene rings is 2. The molecule has 0 aliphatic heterocycles. The highest BCUT2D eigenvalue weighted by atomic mass is 79.9. The number of thiophene rings is 1. The molecule has 0 N–H and O–H groups in total. The van der Waals surface area contributed by atoms with Gasteiger partial charge in [0.05, 0.1) is 9.90 Å². The number of hydrogen-bond acceptors (Lipinski definition) is 2. The molecule has 0 radical (unpaired) electrons. The molecule has 1 nitrogen and oxygen atoms in total. The molecule has 0 fully saturated rings. The lowest BCUT2D eigenvalue weighted by atomic mass is 10.0. The molecule has 94 valence electrons. The molecular formula is C15H8BrClOS. The van der Waals surface area contributed by atoms with Crippen molar-refractivity contribution < 1.29 is 4.79 Å². The van der Waals surface area contributed by atoms with Crippen molar-refractivity contribution in [2.75, 3.05) is 0 Å². The zero-order valence-corrected chi connectivity index (χ0v) is 12.8. The van der Waals surface area contributed by atoms with Crippen LogP contribution in [0.2, 0.25) is 5.02 Å². The summed E-state index contributed by atoms with van der Waals surface area (Å²) in [6.45, 7) is 0. The highest BCUT2D eigenvalue weighted by Gasteiger charge is 2.17. The zero-order valence-electron chi connectivity index (χ0n) is 9.69. The van der Waals surface area contributed by atoms with E-state index < -0.39 is 0 Å². The summed E-state index contributed by atoms with van der Waals surface area (Å²) in [5.74, 6) is -0.0244. The SMILES string of the molecule is O=C(c1sccc1Cl)c1ccc(Br)c2ccccc12. The maximum atomic E-state index is 12.6. The molecule has 0 atom stereocenters. The fraction of sp³-hybridized carbons (Fsp3) is 0. The molecule has 3 rings (SSSR count). The molecule has 0 aliphatic carbocycles. The van der Waals surface area contributed by atoms with Crippen molar-refractivity contribution in [2.24, 2.45) is 0 Å². The number of halogens is 2. The molecule has 4 heteroatoms. The summed E-state index contributed by atoms with van der Waals surface area (Å²) >= 11 is 10.9. The Morgan fingerprint density at radius 1 is 1.05 bits per heavy atom. The largest absolute Gasteiger partial charge is 0.288 e. The van der Waals surface area contributed by atoms with Crippen molar-refractivity contribution in [2.45, 2.75) is 0 Å². The summed E-state index contributed by atoms with van der Waals surface area (Å²) in [7, 11) is 0. The average molecular weight is 352 g/mol. The van der Waals surface area contributed by atoms with Crippen LogP contribution in [-0.2, 0) is 0 Å². The van der Waals surface area contributed by atoms with Gasteiger partial charge in [-0.15, -0.1) is 11.3 Å². The summed E-state index contributed by atoms with van der Waals surface area (Å²) in [6, 6.07) is 13.3. The van der Waals surface area contributed by atoms with E-state index in [1.807, 2.05) is 41.8 Å². The van der Waals surface area contributed by atoms with Gasteiger partial charge in [-0.2, -0.15) is 0 Å². The Labute approximate surface area is 128 Å². The topological polar surface area (TPSA) is 17.1 Å². The van der Waals surface area contributed by atoms with E-state index in [2.05, 4.69) is 15.9 Å². The third-order valence-electron chi connectivity index (χ3n) is 2.94. The zero-order chi connectivity index (χ0) is 13.4.